The van der Waals surface area contributed by atoms with Crippen LogP contribution in [0.4, 0.5) is 0 Å². The molecule has 1 aliphatic rings. The quantitative estimate of drug-likeness (QED) is 0.624. The van der Waals surface area contributed by atoms with Crippen LogP contribution < -0.4 is 20.1 Å². The number of esters is 1. The number of methoxy groups -OCH3 is 2. The molecule has 1 aliphatic heterocycles. The van der Waals surface area contributed by atoms with Crippen molar-refractivity contribution >= 4 is 23.3 Å². The molecule has 0 saturated carbocycles. The smallest absolute Gasteiger partial charge is 0.338 e. The van der Waals surface area contributed by atoms with Gasteiger partial charge in [-0.25, -0.2) is 4.79 Å². The zero-order valence-electron chi connectivity index (χ0n) is 14.4. The zero-order chi connectivity index (χ0) is 17.9. The van der Waals surface area contributed by atoms with E-state index in [-0.39, 0.29) is 6.10 Å². The molecule has 1 heterocycles. The van der Waals surface area contributed by atoms with E-state index in [0.717, 1.165) is 5.56 Å². The van der Waals surface area contributed by atoms with E-state index in [2.05, 4.69) is 10.6 Å². The lowest BCUT2D eigenvalue weighted by Crippen LogP contribution is -2.45. The van der Waals surface area contributed by atoms with Gasteiger partial charge in [0.05, 0.1) is 31.9 Å². The Hall–Kier alpha value is -2.28. The number of carbonyl (C=O) groups excluding carboxylic acids is 1. The van der Waals surface area contributed by atoms with Crippen molar-refractivity contribution in [2.24, 2.45) is 0 Å². The third-order valence-electron chi connectivity index (χ3n) is 3.58. The van der Waals surface area contributed by atoms with Crippen LogP contribution in [0.1, 0.15) is 32.4 Å². The summed E-state index contributed by atoms with van der Waals surface area (Å²) in [6, 6.07) is 4.96. The van der Waals surface area contributed by atoms with Crippen LogP contribution in [0.2, 0.25) is 0 Å². The minimum absolute atomic E-state index is 0.218. The van der Waals surface area contributed by atoms with Crippen molar-refractivity contribution in [1.82, 2.24) is 10.6 Å². The summed E-state index contributed by atoms with van der Waals surface area (Å²) in [6.07, 6.45) is -0.218. The summed E-state index contributed by atoms with van der Waals surface area (Å²) >= 11 is 5.24. The lowest BCUT2D eigenvalue weighted by molar-refractivity contribution is -0.143. The molecule has 0 aromatic heterocycles. The standard InChI is InChI=1S/C17H22N2O4S/c1-9(2)23-16(20)14-10(3)18-17(24)19-15(14)12-7-6-11(21-4)8-13(12)22-5/h6-9,15H,1-5H3,(H2,18,19,24)/t15-/m1/s1. The van der Waals surface area contributed by atoms with Crippen molar-refractivity contribution in [3.63, 3.8) is 0 Å². The van der Waals surface area contributed by atoms with Crippen LogP contribution >= 0.6 is 12.2 Å². The third kappa shape index (κ3) is 3.79. The van der Waals surface area contributed by atoms with Gasteiger partial charge < -0.3 is 24.8 Å². The minimum Gasteiger partial charge on any atom is -0.497 e. The topological polar surface area (TPSA) is 68.8 Å². The summed E-state index contributed by atoms with van der Waals surface area (Å²) < 4.78 is 16.1. The molecule has 1 aromatic carbocycles. The summed E-state index contributed by atoms with van der Waals surface area (Å²) in [4.78, 5) is 12.6. The molecule has 7 heteroatoms. The van der Waals surface area contributed by atoms with Crippen LogP contribution in [0.25, 0.3) is 0 Å². The Bertz CT molecular complexity index is 685. The first kappa shape index (κ1) is 18.1. The molecule has 0 radical (unpaired) electrons. The van der Waals surface area contributed by atoms with Crippen molar-refractivity contribution in [1.29, 1.82) is 0 Å². The fraction of sp³-hybridized carbons (Fsp3) is 0.412. The van der Waals surface area contributed by atoms with Crippen molar-refractivity contribution in [2.75, 3.05) is 14.2 Å². The third-order valence-corrected chi connectivity index (χ3v) is 3.80. The van der Waals surface area contributed by atoms with Crippen LogP contribution in [0, 0.1) is 0 Å². The normalized spacial score (nSPS) is 17.2. The Morgan fingerprint density at radius 2 is 1.96 bits per heavy atom. The largest absolute Gasteiger partial charge is 0.497 e. The summed E-state index contributed by atoms with van der Waals surface area (Å²) in [6.45, 7) is 5.42. The highest BCUT2D eigenvalue weighted by Crippen LogP contribution is 2.35. The Labute approximate surface area is 147 Å². The SMILES string of the molecule is COc1ccc([C@H]2NC(=S)NC(C)=C2C(=O)OC(C)C)c(OC)c1. The Morgan fingerprint density at radius 3 is 2.54 bits per heavy atom. The first-order chi connectivity index (χ1) is 11.4. The minimum atomic E-state index is -0.467. The second-order valence-corrected chi connectivity index (χ2v) is 6.04. The molecule has 0 fully saturated rings. The maximum absolute atomic E-state index is 12.6. The monoisotopic (exact) mass is 350 g/mol. The van der Waals surface area contributed by atoms with Gasteiger partial charge >= 0.3 is 5.97 Å². The maximum atomic E-state index is 12.6. The lowest BCUT2D eigenvalue weighted by atomic mass is 9.94. The molecule has 0 unspecified atom stereocenters. The molecule has 0 saturated heterocycles. The van der Waals surface area contributed by atoms with Gasteiger partial charge in [-0.2, -0.15) is 0 Å². The second kappa shape index (κ2) is 7.53. The predicted octanol–water partition coefficient (Wildman–Crippen LogP) is 2.45. The first-order valence-corrected chi connectivity index (χ1v) is 7.99. The number of allylic oxidation sites excluding steroid dienone is 1. The van der Waals surface area contributed by atoms with Crippen molar-refractivity contribution in [3.8, 4) is 11.5 Å². The second-order valence-electron chi connectivity index (χ2n) is 5.63. The fourth-order valence-corrected chi connectivity index (χ4v) is 2.80. The van der Waals surface area contributed by atoms with Gasteiger partial charge in [-0.15, -0.1) is 0 Å². The summed E-state index contributed by atoms with van der Waals surface area (Å²) in [5, 5.41) is 6.54. The summed E-state index contributed by atoms with van der Waals surface area (Å²) in [7, 11) is 3.15. The van der Waals surface area contributed by atoms with Crippen molar-refractivity contribution < 1.29 is 19.0 Å². The Kier molecular flexibility index (Phi) is 5.66. The number of thiocarbonyl (C=S) groups is 1. The molecule has 6 nitrogen and oxygen atoms in total. The van der Waals surface area contributed by atoms with Crippen LogP contribution in [0.15, 0.2) is 29.5 Å². The highest BCUT2D eigenvalue weighted by Gasteiger charge is 2.33. The molecular weight excluding hydrogens is 328 g/mol. The predicted molar refractivity (Wildman–Crippen MR) is 95.1 cm³/mol. The van der Waals surface area contributed by atoms with E-state index >= 15 is 0 Å². The van der Waals surface area contributed by atoms with Gasteiger partial charge in [0, 0.05) is 17.3 Å². The van der Waals surface area contributed by atoms with Gasteiger partial charge in [-0.1, -0.05) is 0 Å². The van der Waals surface area contributed by atoms with Gasteiger partial charge in [0.15, 0.2) is 5.11 Å². The summed E-state index contributed by atoms with van der Waals surface area (Å²) in [5.74, 6) is 0.867. The number of hydrogen-bond donors (Lipinski definition) is 2. The van der Waals surface area contributed by atoms with E-state index in [0.29, 0.717) is 27.9 Å². The van der Waals surface area contributed by atoms with Gasteiger partial charge in [0.2, 0.25) is 0 Å². The molecular formula is C17H22N2O4S. The molecule has 1 aromatic rings. The average molecular weight is 350 g/mol. The number of nitrogens with one attached hydrogen (secondary N) is 2. The highest BCUT2D eigenvalue weighted by molar-refractivity contribution is 7.80. The van der Waals surface area contributed by atoms with Crippen LogP contribution in [-0.2, 0) is 9.53 Å². The first-order valence-electron chi connectivity index (χ1n) is 7.58. The molecule has 0 aliphatic carbocycles. The number of ether oxygens (including phenoxy) is 3. The van der Waals surface area contributed by atoms with Crippen LogP contribution in [-0.4, -0.2) is 31.4 Å². The molecule has 130 valence electrons. The molecule has 2 rings (SSSR count). The molecule has 0 amide bonds. The van der Waals surface area contributed by atoms with Crippen molar-refractivity contribution in [3.05, 3.63) is 35.0 Å². The highest BCUT2D eigenvalue weighted by atomic mass is 32.1. The Balaban J connectivity index is 2.51. The van der Waals surface area contributed by atoms with Gasteiger partial charge in [0.1, 0.15) is 11.5 Å². The van der Waals surface area contributed by atoms with Crippen LogP contribution in [0.3, 0.4) is 0 Å². The molecule has 2 N–H and O–H groups in total. The summed E-state index contributed by atoms with van der Waals surface area (Å²) in [5.41, 5.74) is 1.91. The van der Waals surface area contributed by atoms with Crippen LogP contribution in [0.5, 0.6) is 11.5 Å². The van der Waals surface area contributed by atoms with E-state index < -0.39 is 12.0 Å². The molecule has 1 atom stereocenters. The Morgan fingerprint density at radius 1 is 1.25 bits per heavy atom. The van der Waals surface area contributed by atoms with E-state index in [1.165, 1.54) is 0 Å². The average Bonchev–Trinajstić information content (AvgIpc) is 2.52. The van der Waals surface area contributed by atoms with E-state index in [1.807, 2.05) is 26.0 Å². The zero-order valence-corrected chi connectivity index (χ0v) is 15.2. The van der Waals surface area contributed by atoms with E-state index in [9.17, 15) is 4.79 Å². The molecule has 24 heavy (non-hydrogen) atoms. The van der Waals surface area contributed by atoms with Gasteiger partial charge in [-0.3, -0.25) is 0 Å². The number of benzene rings is 1. The van der Waals surface area contributed by atoms with E-state index in [1.54, 1.807) is 27.2 Å². The number of hydrogen-bond acceptors (Lipinski definition) is 5. The van der Waals surface area contributed by atoms with E-state index in [4.69, 9.17) is 26.4 Å². The maximum Gasteiger partial charge on any atom is 0.338 e. The van der Waals surface area contributed by atoms with Crippen molar-refractivity contribution in [2.45, 2.75) is 32.9 Å². The molecule has 0 bridgehead atoms. The van der Waals surface area contributed by atoms with Gasteiger partial charge in [0.25, 0.3) is 0 Å². The number of carbonyl (C=O) groups is 1. The number of rotatable bonds is 5. The van der Waals surface area contributed by atoms with Gasteiger partial charge in [-0.05, 0) is 45.1 Å². The lowest BCUT2D eigenvalue weighted by Gasteiger charge is -2.31. The fourth-order valence-electron chi connectivity index (χ4n) is 2.53. The molecule has 0 spiro atoms.